The highest BCUT2D eigenvalue weighted by atomic mass is 32.5. The second-order valence-corrected chi connectivity index (χ2v) is 10.3. The molecule has 0 aliphatic carbocycles. The Labute approximate surface area is 181 Å². The van der Waals surface area contributed by atoms with Crippen LogP contribution in [-0.4, -0.2) is 0 Å². The minimum atomic E-state index is -9.89. The molecule has 3 aromatic rings. The maximum atomic E-state index is 14.7. The maximum absolute atomic E-state index is 14.7. The van der Waals surface area contributed by atoms with Gasteiger partial charge in [-0.1, -0.05) is 49.3 Å². The Morgan fingerprint density at radius 1 is 0.688 bits per heavy atom. The number of aryl methyl sites for hydroxylation is 4. The third kappa shape index (κ3) is 5.03. The van der Waals surface area contributed by atoms with Gasteiger partial charge in [0.25, 0.3) is 0 Å². The highest BCUT2D eigenvalue weighted by Gasteiger charge is 2.65. The molecule has 0 N–H and O–H groups in total. The van der Waals surface area contributed by atoms with E-state index >= 15 is 0 Å². The van der Waals surface area contributed by atoms with Gasteiger partial charge in [-0.2, -0.15) is 8.78 Å². The lowest BCUT2D eigenvalue weighted by atomic mass is 9.92. The van der Waals surface area contributed by atoms with Crippen LogP contribution >= 0.6 is 10.2 Å². The van der Waals surface area contributed by atoms with E-state index in [9.17, 15) is 28.2 Å². The summed E-state index contributed by atoms with van der Waals surface area (Å²) in [5, 5.41) is 0. The molecular formula is C23H21F7OS. The molecule has 0 bridgehead atoms. The first-order valence-electron chi connectivity index (χ1n) is 9.48. The van der Waals surface area contributed by atoms with E-state index in [1.807, 2.05) is 32.9 Å². The highest BCUT2D eigenvalue weighted by Crippen LogP contribution is 3.02. The summed E-state index contributed by atoms with van der Waals surface area (Å²) in [7, 11) is -9.89. The molecule has 3 rings (SSSR count). The van der Waals surface area contributed by atoms with Gasteiger partial charge in [0.15, 0.2) is 0 Å². The molecule has 0 unspecified atom stereocenters. The molecule has 0 aliphatic heterocycles. The number of hydrogen-bond acceptors (Lipinski definition) is 1. The number of ether oxygens (including phenoxy) is 1. The predicted molar refractivity (Wildman–Crippen MR) is 113 cm³/mol. The van der Waals surface area contributed by atoms with Crippen molar-refractivity contribution in [1.82, 2.24) is 0 Å². The smallest absolute Gasteiger partial charge is 0.426 e. The molecule has 32 heavy (non-hydrogen) atoms. The Morgan fingerprint density at radius 3 is 1.69 bits per heavy atom. The van der Waals surface area contributed by atoms with Crippen molar-refractivity contribution in [2.24, 2.45) is 0 Å². The van der Waals surface area contributed by atoms with E-state index in [4.69, 9.17) is 0 Å². The zero-order valence-electron chi connectivity index (χ0n) is 17.7. The molecule has 1 nitrogen and oxygen atoms in total. The van der Waals surface area contributed by atoms with Crippen molar-refractivity contribution in [2.75, 3.05) is 0 Å². The average Bonchev–Trinajstić information content (AvgIpc) is 2.58. The third-order valence-corrected chi connectivity index (χ3v) is 6.18. The summed E-state index contributed by atoms with van der Waals surface area (Å²) >= 11 is 0. The van der Waals surface area contributed by atoms with Crippen molar-refractivity contribution in [3.63, 3.8) is 0 Å². The number of hydrogen-bond donors (Lipinski definition) is 0. The van der Waals surface area contributed by atoms with Crippen molar-refractivity contribution in [3.05, 3.63) is 82.4 Å². The molecular weight excluding hydrogens is 457 g/mol. The van der Waals surface area contributed by atoms with E-state index in [-0.39, 0.29) is 17.7 Å². The fourth-order valence-corrected chi connectivity index (χ4v) is 4.40. The Bertz CT molecular complexity index is 1160. The first-order valence-corrected chi connectivity index (χ1v) is 11.4. The molecule has 0 fully saturated rings. The van der Waals surface area contributed by atoms with Gasteiger partial charge in [0, 0.05) is 0 Å². The van der Waals surface area contributed by atoms with E-state index in [2.05, 4.69) is 4.74 Å². The molecule has 0 heterocycles. The summed E-state index contributed by atoms with van der Waals surface area (Å²) in [6.45, 7) is 7.27. The maximum Gasteiger partial charge on any atom is 0.426 e. The molecule has 3 aromatic carbocycles. The molecule has 0 spiro atoms. The summed E-state index contributed by atoms with van der Waals surface area (Å²) in [6.07, 6.45) is -3.89. The molecule has 174 valence electrons. The van der Waals surface area contributed by atoms with Crippen LogP contribution in [0.15, 0.2) is 59.5 Å². The van der Waals surface area contributed by atoms with Gasteiger partial charge in [0.2, 0.25) is 0 Å². The minimum Gasteiger partial charge on any atom is -0.429 e. The van der Waals surface area contributed by atoms with Gasteiger partial charge in [-0.3, -0.25) is 0 Å². The van der Waals surface area contributed by atoms with Gasteiger partial charge in [-0.15, -0.1) is 0 Å². The second kappa shape index (κ2) is 6.91. The van der Waals surface area contributed by atoms with Crippen molar-refractivity contribution in [1.29, 1.82) is 0 Å². The van der Waals surface area contributed by atoms with Gasteiger partial charge in [0.1, 0.15) is 10.6 Å². The minimum absolute atomic E-state index is 0.0336. The van der Waals surface area contributed by atoms with Crippen LogP contribution in [0.2, 0.25) is 0 Å². The van der Waals surface area contributed by atoms with Crippen LogP contribution in [0.1, 0.15) is 27.8 Å². The number of benzene rings is 3. The summed E-state index contributed by atoms with van der Waals surface area (Å²) < 4.78 is 98.1. The Hall–Kier alpha value is -2.68. The largest absolute Gasteiger partial charge is 0.429 e. The van der Waals surface area contributed by atoms with Gasteiger partial charge in [0.05, 0.1) is 5.56 Å². The number of alkyl halides is 2. The van der Waals surface area contributed by atoms with Crippen molar-refractivity contribution in [2.45, 2.75) is 38.7 Å². The quantitative estimate of drug-likeness (QED) is 0.332. The monoisotopic (exact) mass is 478 g/mol. The van der Waals surface area contributed by atoms with Crippen LogP contribution in [0.4, 0.5) is 28.2 Å². The van der Waals surface area contributed by atoms with Crippen molar-refractivity contribution >= 4 is 10.2 Å². The molecule has 9 heteroatoms. The van der Waals surface area contributed by atoms with Crippen molar-refractivity contribution in [3.8, 4) is 16.9 Å². The summed E-state index contributed by atoms with van der Waals surface area (Å²) in [6, 6.07) is 9.22. The summed E-state index contributed by atoms with van der Waals surface area (Å²) in [5.74, 6) is -0.672. The fraction of sp³-hybridized carbons (Fsp3) is 0.217. The Balaban J connectivity index is 1.92. The Morgan fingerprint density at radius 2 is 1.22 bits per heavy atom. The van der Waals surface area contributed by atoms with Crippen LogP contribution < -0.4 is 4.74 Å². The lowest BCUT2D eigenvalue weighted by molar-refractivity contribution is -0.185. The number of rotatable bonds is 5. The summed E-state index contributed by atoms with van der Waals surface area (Å²) in [4.78, 5) is -2.18. The molecule has 0 radical (unpaired) electrons. The van der Waals surface area contributed by atoms with E-state index < -0.39 is 32.5 Å². The highest BCUT2D eigenvalue weighted by molar-refractivity contribution is 8.45. The fourth-order valence-electron chi connectivity index (χ4n) is 3.75. The topological polar surface area (TPSA) is 9.23 Å². The van der Waals surface area contributed by atoms with Crippen LogP contribution in [0.25, 0.3) is 11.1 Å². The molecule has 0 aliphatic rings. The Kier molecular flexibility index (Phi) is 5.17. The first-order chi connectivity index (χ1) is 14.4. The van der Waals surface area contributed by atoms with Gasteiger partial charge in [-0.05, 0) is 85.8 Å². The SMILES string of the molecule is Cc1cc(C)c(-c2ccc(C(F)(F)Oc3ccc(S(F)(F)(F)(F)F)cc3)c(C)c2)c(C)c1. The number of halogens is 7. The zero-order valence-corrected chi connectivity index (χ0v) is 18.5. The van der Waals surface area contributed by atoms with Crippen molar-refractivity contribution < 1.29 is 32.9 Å². The third-order valence-electron chi connectivity index (χ3n) is 5.02. The van der Waals surface area contributed by atoms with Crippen LogP contribution in [0.3, 0.4) is 0 Å². The zero-order chi connectivity index (χ0) is 24.2. The molecule has 0 saturated carbocycles. The average molecular weight is 478 g/mol. The molecule has 0 atom stereocenters. The van der Waals surface area contributed by atoms with E-state index in [0.717, 1.165) is 27.8 Å². The molecule has 0 saturated heterocycles. The van der Waals surface area contributed by atoms with Gasteiger partial charge < -0.3 is 4.74 Å². The van der Waals surface area contributed by atoms with Gasteiger partial charge in [-0.25, -0.2) is 0 Å². The van der Waals surface area contributed by atoms with E-state index in [1.54, 1.807) is 6.07 Å². The lowest BCUT2D eigenvalue weighted by Gasteiger charge is -2.40. The van der Waals surface area contributed by atoms with Crippen LogP contribution in [0.5, 0.6) is 5.75 Å². The predicted octanol–water partition coefficient (Wildman–Crippen LogP) is 9.37. The summed E-state index contributed by atoms with van der Waals surface area (Å²) in [5.41, 5.74) is 4.42. The van der Waals surface area contributed by atoms with Gasteiger partial charge >= 0.3 is 16.3 Å². The van der Waals surface area contributed by atoms with E-state index in [1.165, 1.54) is 19.1 Å². The second-order valence-electron chi connectivity index (χ2n) is 7.86. The lowest BCUT2D eigenvalue weighted by Crippen LogP contribution is -2.23. The first kappa shape index (κ1) is 24.0. The normalized spacial score (nSPS) is 14.6. The van der Waals surface area contributed by atoms with Crippen LogP contribution in [0, 0.1) is 27.7 Å². The van der Waals surface area contributed by atoms with E-state index in [0.29, 0.717) is 12.1 Å². The molecule has 0 aromatic heterocycles. The molecule has 0 amide bonds. The van der Waals surface area contributed by atoms with Crippen LogP contribution in [-0.2, 0) is 6.11 Å². The standard InChI is InChI=1S/C23H21F7OS/c1-14-11-16(3)22(17(4)12-14)18-5-10-21(15(2)13-18)23(24,25)31-19-6-8-20(9-7-19)32(26,27,28,29)30/h5-13H,1-4H3.